The predicted octanol–water partition coefficient (Wildman–Crippen LogP) is 6.50. The number of amides is 1. The molecule has 0 fully saturated rings. The minimum absolute atomic E-state index is 0.0911. The molecule has 0 radical (unpaired) electrons. The normalized spacial score (nSPS) is 11.2. The number of benzene rings is 1. The van der Waals surface area contributed by atoms with Crippen LogP contribution >= 0.6 is 11.9 Å². The summed E-state index contributed by atoms with van der Waals surface area (Å²) in [5.41, 5.74) is 2.75. The fraction of sp³-hybridized carbons (Fsp3) is 0.476. The molecular weight excluding hydrogens is 333 g/mol. The van der Waals surface area contributed by atoms with Gasteiger partial charge in [0.25, 0.3) is 0 Å². The third-order valence-corrected chi connectivity index (χ3v) is 4.60. The number of hydrogen-bond donors (Lipinski definition) is 1. The van der Waals surface area contributed by atoms with Gasteiger partial charge in [-0.2, -0.15) is 0 Å². The molecule has 1 amide bonds. The Bertz CT molecular complexity index is 577. The molecule has 0 spiro atoms. The maximum atomic E-state index is 13.9. The van der Waals surface area contributed by atoms with E-state index in [0.717, 1.165) is 21.6 Å². The van der Waals surface area contributed by atoms with E-state index < -0.39 is 0 Å². The molecule has 1 N–H and O–H groups in total. The van der Waals surface area contributed by atoms with Crippen molar-refractivity contribution in [3.63, 3.8) is 0 Å². The van der Waals surface area contributed by atoms with Gasteiger partial charge in [0, 0.05) is 4.91 Å². The Labute approximate surface area is 157 Å². The van der Waals surface area contributed by atoms with E-state index in [-0.39, 0.29) is 30.0 Å². The van der Waals surface area contributed by atoms with Gasteiger partial charge in [-0.1, -0.05) is 60.3 Å². The largest absolute Gasteiger partial charge is 0.296 e. The third-order valence-electron chi connectivity index (χ3n) is 3.63. The molecule has 0 aliphatic rings. The molecule has 0 saturated heterocycles. The van der Waals surface area contributed by atoms with Crippen molar-refractivity contribution in [1.29, 1.82) is 0 Å². The van der Waals surface area contributed by atoms with Crippen molar-refractivity contribution >= 4 is 17.9 Å². The van der Waals surface area contributed by atoms with Crippen LogP contribution in [-0.2, 0) is 11.2 Å². The second-order valence-corrected chi connectivity index (χ2v) is 6.95. The van der Waals surface area contributed by atoms with E-state index in [2.05, 4.69) is 11.3 Å². The second kappa shape index (κ2) is 11.9. The lowest BCUT2D eigenvalue weighted by Crippen LogP contribution is -2.20. The van der Waals surface area contributed by atoms with Crippen molar-refractivity contribution < 1.29 is 9.18 Å². The standard InChI is InChI=1S/C19H26FNOS.C2H6/c1-7-15(8-2)23-21-19(22)11-18-16(12(3)4)9-14(20)10-17(18)13(5)6;1-2/h7-10,12-13H,1,11H2,2-6H3,(H,21,22);1-2H3/b15-8+;. The van der Waals surface area contributed by atoms with E-state index in [1.807, 2.05) is 54.5 Å². The number of hydrogen-bond acceptors (Lipinski definition) is 2. The van der Waals surface area contributed by atoms with E-state index in [4.69, 9.17) is 0 Å². The van der Waals surface area contributed by atoms with E-state index in [0.29, 0.717) is 0 Å². The number of carbonyl (C=O) groups excluding carboxylic acids is 1. The molecule has 0 aromatic heterocycles. The SMILES string of the molecule is C=C/C(=C\C)SNC(=O)Cc1c(C(C)C)cc(F)cc1C(C)C.CC. The summed E-state index contributed by atoms with van der Waals surface area (Å²) in [6.07, 6.45) is 3.83. The van der Waals surface area contributed by atoms with Crippen molar-refractivity contribution in [1.82, 2.24) is 4.72 Å². The first kappa shape index (κ1) is 23.4. The third kappa shape index (κ3) is 7.47. The van der Waals surface area contributed by atoms with E-state index in [1.165, 1.54) is 11.9 Å². The van der Waals surface area contributed by atoms with Gasteiger partial charge in [0.2, 0.25) is 5.91 Å². The molecule has 4 heteroatoms. The first-order chi connectivity index (χ1) is 11.8. The van der Waals surface area contributed by atoms with Crippen LogP contribution in [0.3, 0.4) is 0 Å². The maximum absolute atomic E-state index is 13.9. The zero-order valence-corrected chi connectivity index (χ0v) is 17.4. The molecule has 1 aromatic rings. The minimum Gasteiger partial charge on any atom is -0.296 e. The molecule has 140 valence electrons. The monoisotopic (exact) mass is 365 g/mol. The van der Waals surface area contributed by atoms with Gasteiger partial charge in [-0.25, -0.2) is 4.39 Å². The van der Waals surface area contributed by atoms with E-state index in [9.17, 15) is 9.18 Å². The second-order valence-electron chi connectivity index (χ2n) is 6.07. The molecule has 0 aliphatic carbocycles. The lowest BCUT2D eigenvalue weighted by molar-refractivity contribution is -0.118. The smallest absolute Gasteiger partial charge is 0.234 e. The van der Waals surface area contributed by atoms with Gasteiger partial charge in [0.05, 0.1) is 6.42 Å². The van der Waals surface area contributed by atoms with Gasteiger partial charge in [0.1, 0.15) is 5.82 Å². The Hall–Kier alpha value is -1.55. The zero-order chi connectivity index (χ0) is 19.6. The number of rotatable bonds is 7. The summed E-state index contributed by atoms with van der Waals surface area (Å²) in [5, 5.41) is 0. The van der Waals surface area contributed by atoms with Gasteiger partial charge < -0.3 is 0 Å². The van der Waals surface area contributed by atoms with E-state index in [1.54, 1.807) is 18.2 Å². The predicted molar refractivity (Wildman–Crippen MR) is 109 cm³/mol. The molecule has 0 atom stereocenters. The quantitative estimate of drug-likeness (QED) is 0.441. The molecule has 0 bridgehead atoms. The van der Waals surface area contributed by atoms with Gasteiger partial charge in [-0.15, -0.1) is 0 Å². The Morgan fingerprint density at radius 1 is 1.20 bits per heavy atom. The summed E-state index contributed by atoms with van der Waals surface area (Å²) in [5.74, 6) is 0.00116. The van der Waals surface area contributed by atoms with Crippen LogP contribution in [0.2, 0.25) is 0 Å². The molecule has 2 nitrogen and oxygen atoms in total. The fourth-order valence-corrected chi connectivity index (χ4v) is 2.95. The molecular formula is C21H32FNOS. The van der Waals surface area contributed by atoms with Crippen molar-refractivity contribution in [2.45, 2.75) is 66.7 Å². The average Bonchev–Trinajstić information content (AvgIpc) is 2.58. The van der Waals surface area contributed by atoms with Crippen LogP contribution in [0, 0.1) is 5.82 Å². The van der Waals surface area contributed by atoms with Crippen LogP contribution in [0.15, 0.2) is 35.8 Å². The highest BCUT2D eigenvalue weighted by Gasteiger charge is 2.18. The summed E-state index contributed by atoms with van der Waals surface area (Å²) in [6, 6.07) is 3.10. The van der Waals surface area contributed by atoms with Crippen molar-refractivity contribution in [2.75, 3.05) is 0 Å². The summed E-state index contributed by atoms with van der Waals surface area (Å²) < 4.78 is 16.7. The fourth-order valence-electron chi connectivity index (χ4n) is 2.44. The Morgan fingerprint density at radius 2 is 1.68 bits per heavy atom. The summed E-state index contributed by atoms with van der Waals surface area (Å²) >= 11 is 1.25. The van der Waals surface area contributed by atoms with E-state index >= 15 is 0 Å². The molecule has 1 aromatic carbocycles. The highest BCUT2D eigenvalue weighted by Crippen LogP contribution is 2.29. The first-order valence-corrected chi connectivity index (χ1v) is 9.68. The molecule has 0 heterocycles. The van der Waals surface area contributed by atoms with Crippen molar-refractivity contribution in [3.8, 4) is 0 Å². The average molecular weight is 366 g/mol. The van der Waals surface area contributed by atoms with Crippen LogP contribution in [0.1, 0.15) is 77.0 Å². The number of carbonyl (C=O) groups is 1. The molecule has 0 unspecified atom stereocenters. The lowest BCUT2D eigenvalue weighted by Gasteiger charge is -2.19. The maximum Gasteiger partial charge on any atom is 0.234 e. The van der Waals surface area contributed by atoms with Crippen LogP contribution < -0.4 is 4.72 Å². The van der Waals surface area contributed by atoms with Crippen LogP contribution in [0.25, 0.3) is 0 Å². The first-order valence-electron chi connectivity index (χ1n) is 8.86. The zero-order valence-electron chi connectivity index (χ0n) is 16.6. The van der Waals surface area contributed by atoms with Gasteiger partial charge in [-0.05, 0) is 59.5 Å². The topological polar surface area (TPSA) is 29.1 Å². The number of nitrogens with one attached hydrogen (secondary N) is 1. The summed E-state index contributed by atoms with van der Waals surface area (Å²) in [4.78, 5) is 13.2. The Balaban J connectivity index is 0.00000277. The minimum atomic E-state index is -0.237. The van der Waals surface area contributed by atoms with Crippen LogP contribution in [-0.4, -0.2) is 5.91 Å². The Kier molecular flexibility index (Phi) is 11.2. The highest BCUT2D eigenvalue weighted by molar-refractivity contribution is 8.01. The molecule has 25 heavy (non-hydrogen) atoms. The highest BCUT2D eigenvalue weighted by atomic mass is 32.2. The summed E-state index contributed by atoms with van der Waals surface area (Å²) in [7, 11) is 0. The van der Waals surface area contributed by atoms with Crippen molar-refractivity contribution in [2.24, 2.45) is 0 Å². The van der Waals surface area contributed by atoms with Gasteiger partial charge in [0.15, 0.2) is 0 Å². The van der Waals surface area contributed by atoms with Crippen molar-refractivity contribution in [3.05, 3.63) is 58.3 Å². The molecule has 1 rings (SSSR count). The van der Waals surface area contributed by atoms with Gasteiger partial charge in [-0.3, -0.25) is 9.52 Å². The summed E-state index contributed by atoms with van der Waals surface area (Å²) in [6.45, 7) is 17.7. The Morgan fingerprint density at radius 3 is 2.04 bits per heavy atom. The lowest BCUT2D eigenvalue weighted by atomic mass is 9.87. The number of allylic oxidation sites excluding steroid dienone is 2. The van der Waals surface area contributed by atoms with Crippen LogP contribution in [0.4, 0.5) is 4.39 Å². The number of halogens is 1. The molecule has 0 saturated carbocycles. The van der Waals surface area contributed by atoms with Crippen LogP contribution in [0.5, 0.6) is 0 Å². The molecule has 0 aliphatic heterocycles. The van der Waals surface area contributed by atoms with Gasteiger partial charge >= 0.3 is 0 Å².